The number of benzene rings is 8. The molecule has 2 aliphatic rings. The summed E-state index contributed by atoms with van der Waals surface area (Å²) < 4.78 is 2.50. The van der Waals surface area contributed by atoms with Crippen molar-refractivity contribution >= 4 is 31.5 Å². The van der Waals surface area contributed by atoms with Gasteiger partial charge in [0.25, 0.3) is 0 Å². The monoisotopic (exact) mass is 771 g/mol. The Morgan fingerprint density at radius 2 is 0.814 bits per heavy atom. The second-order valence-corrected chi connectivity index (χ2v) is 17.3. The normalized spacial score (nSPS) is 14.2. The Bertz CT molecular complexity index is 3240. The first kappa shape index (κ1) is 34.1. The van der Waals surface area contributed by atoms with Crippen LogP contribution in [0.5, 0.6) is 0 Å². The highest BCUT2D eigenvalue weighted by molar-refractivity contribution is 7.26. The van der Waals surface area contributed by atoms with Gasteiger partial charge in [-0.1, -0.05) is 196 Å². The van der Waals surface area contributed by atoms with Crippen LogP contribution in [0.3, 0.4) is 0 Å². The van der Waals surface area contributed by atoms with Gasteiger partial charge < -0.3 is 0 Å². The molecule has 2 heterocycles. The molecule has 0 aliphatic heterocycles. The van der Waals surface area contributed by atoms with E-state index in [2.05, 4.69) is 178 Å². The van der Waals surface area contributed by atoms with Crippen LogP contribution in [0.1, 0.15) is 47.2 Å². The molecule has 3 nitrogen and oxygen atoms in total. The minimum absolute atomic E-state index is 0.267. The second kappa shape index (κ2) is 12.7. The lowest BCUT2D eigenvalue weighted by Gasteiger charge is -2.46. The predicted octanol–water partition coefficient (Wildman–Crippen LogP) is 13.9. The highest BCUT2D eigenvalue weighted by Gasteiger charge is 2.53. The zero-order valence-corrected chi connectivity index (χ0v) is 33.5. The first-order valence-electron chi connectivity index (χ1n) is 20.3. The number of fused-ring (bicyclic) bond motifs is 13. The third-order valence-electron chi connectivity index (χ3n) is 12.8. The average molecular weight is 772 g/mol. The van der Waals surface area contributed by atoms with E-state index >= 15 is 0 Å². The van der Waals surface area contributed by atoms with Crippen LogP contribution in [0, 0.1) is 0 Å². The lowest BCUT2D eigenvalue weighted by atomic mass is 9.55. The van der Waals surface area contributed by atoms with Gasteiger partial charge >= 0.3 is 0 Å². The van der Waals surface area contributed by atoms with E-state index in [1.807, 2.05) is 35.6 Å². The summed E-state index contributed by atoms with van der Waals surface area (Å²) >= 11 is 1.88. The molecule has 0 atom stereocenters. The third-order valence-corrected chi connectivity index (χ3v) is 14.1. The summed E-state index contributed by atoms with van der Waals surface area (Å²) in [6.07, 6.45) is 0. The molecule has 4 heteroatoms. The quantitative estimate of drug-likeness (QED) is 0.179. The lowest BCUT2D eigenvalue weighted by Crippen LogP contribution is -2.40. The maximum Gasteiger partial charge on any atom is 0.165 e. The summed E-state index contributed by atoms with van der Waals surface area (Å²) in [6.45, 7) is 4.84. The Morgan fingerprint density at radius 1 is 0.339 bits per heavy atom. The summed E-state index contributed by atoms with van der Waals surface area (Å²) in [6, 6.07) is 68.0. The Hall–Kier alpha value is -7.01. The summed E-state index contributed by atoms with van der Waals surface area (Å²) in [5, 5.41) is 2.48. The highest BCUT2D eigenvalue weighted by atomic mass is 32.1. The van der Waals surface area contributed by atoms with Gasteiger partial charge in [-0.15, -0.1) is 11.3 Å². The number of aromatic nitrogens is 3. The number of hydrogen-bond donors (Lipinski definition) is 0. The number of rotatable bonds is 4. The zero-order valence-electron chi connectivity index (χ0n) is 32.6. The number of thiophene rings is 1. The molecule has 59 heavy (non-hydrogen) atoms. The standard InChI is InChI=1S/C55H37N3S/c1-54(2)45-26-13-14-27-46(45)55(43-24-11-9-20-38(43)39-21-10-12-25-44(39)55)47-33-32-41-40-22-15-23-42(49(40)59-50(41)48(47)54)53-57-51(36-18-7-4-8-19-36)56-52(58-53)37-30-28-35(29-31-37)34-16-5-3-6-17-34/h3-33H,1-2H3. The van der Waals surface area contributed by atoms with E-state index < -0.39 is 5.41 Å². The van der Waals surface area contributed by atoms with Crippen molar-refractivity contribution in [2.24, 2.45) is 0 Å². The fourth-order valence-corrected chi connectivity index (χ4v) is 11.7. The molecule has 0 unspecified atom stereocenters. The molecule has 0 amide bonds. The first-order valence-corrected chi connectivity index (χ1v) is 21.1. The van der Waals surface area contributed by atoms with Crippen molar-refractivity contribution in [2.75, 3.05) is 0 Å². The van der Waals surface area contributed by atoms with Gasteiger partial charge in [0, 0.05) is 42.3 Å². The van der Waals surface area contributed by atoms with Crippen molar-refractivity contribution in [1.29, 1.82) is 0 Å². The van der Waals surface area contributed by atoms with Gasteiger partial charge in [0.05, 0.1) is 5.41 Å². The van der Waals surface area contributed by atoms with Gasteiger partial charge in [-0.2, -0.15) is 0 Å². The molecule has 10 aromatic rings. The van der Waals surface area contributed by atoms with Gasteiger partial charge in [-0.05, 0) is 61.7 Å². The molecule has 0 bridgehead atoms. The summed E-state index contributed by atoms with van der Waals surface area (Å²) in [4.78, 5) is 15.6. The first-order chi connectivity index (χ1) is 29.0. The van der Waals surface area contributed by atoms with E-state index in [0.29, 0.717) is 17.5 Å². The van der Waals surface area contributed by atoms with Crippen molar-refractivity contribution in [3.8, 4) is 56.4 Å². The largest absolute Gasteiger partial charge is 0.208 e. The predicted molar refractivity (Wildman–Crippen MR) is 244 cm³/mol. The van der Waals surface area contributed by atoms with Crippen LogP contribution in [0.4, 0.5) is 0 Å². The Labute approximate surface area is 347 Å². The lowest BCUT2D eigenvalue weighted by molar-refractivity contribution is 0.569. The van der Waals surface area contributed by atoms with Crippen molar-refractivity contribution in [3.63, 3.8) is 0 Å². The second-order valence-electron chi connectivity index (χ2n) is 16.3. The van der Waals surface area contributed by atoms with Crippen LogP contribution >= 0.6 is 11.3 Å². The molecule has 0 radical (unpaired) electrons. The fraction of sp³-hybridized carbons (Fsp3) is 0.0727. The smallest absolute Gasteiger partial charge is 0.165 e. The van der Waals surface area contributed by atoms with Crippen LogP contribution in [0.2, 0.25) is 0 Å². The van der Waals surface area contributed by atoms with Gasteiger partial charge in [-0.25, -0.2) is 15.0 Å². The maximum absolute atomic E-state index is 5.26. The summed E-state index contributed by atoms with van der Waals surface area (Å²) in [7, 11) is 0. The molecule has 0 N–H and O–H groups in total. The molecule has 0 fully saturated rings. The molecule has 278 valence electrons. The SMILES string of the molecule is CC1(C)c2ccccc2C2(c3ccccc3-c3ccccc32)c2ccc3c(sc4c(-c5nc(-c6ccccc6)nc(-c6ccc(-c7ccccc7)cc6)n5)cccc43)c21. The molecule has 2 aromatic heterocycles. The zero-order chi connectivity index (χ0) is 39.3. The third kappa shape index (κ3) is 4.84. The van der Waals surface area contributed by atoms with Crippen LogP contribution in [-0.2, 0) is 10.8 Å². The van der Waals surface area contributed by atoms with Crippen molar-refractivity contribution in [1.82, 2.24) is 15.0 Å². The van der Waals surface area contributed by atoms with E-state index in [4.69, 9.17) is 15.0 Å². The Balaban J connectivity index is 1.10. The molecule has 12 rings (SSSR count). The van der Waals surface area contributed by atoms with Crippen LogP contribution in [0.25, 0.3) is 76.6 Å². The van der Waals surface area contributed by atoms with Crippen molar-refractivity contribution in [2.45, 2.75) is 24.7 Å². The molecule has 0 saturated heterocycles. The number of hydrogen-bond acceptors (Lipinski definition) is 4. The summed E-state index contributed by atoms with van der Waals surface area (Å²) in [5.41, 5.74) is 15.4. The molecule has 1 spiro atoms. The minimum atomic E-state index is -0.439. The Morgan fingerprint density at radius 3 is 1.47 bits per heavy atom. The van der Waals surface area contributed by atoms with Crippen molar-refractivity contribution < 1.29 is 0 Å². The molecule has 8 aromatic carbocycles. The minimum Gasteiger partial charge on any atom is -0.208 e. The van der Waals surface area contributed by atoms with E-state index in [9.17, 15) is 0 Å². The molecule has 2 aliphatic carbocycles. The molecular formula is C55H37N3S. The van der Waals surface area contributed by atoms with Crippen LogP contribution in [0.15, 0.2) is 188 Å². The van der Waals surface area contributed by atoms with Gasteiger partial charge in [-0.3, -0.25) is 0 Å². The van der Waals surface area contributed by atoms with E-state index in [0.717, 1.165) is 22.3 Å². The van der Waals surface area contributed by atoms with E-state index in [1.165, 1.54) is 70.2 Å². The Kier molecular flexibility index (Phi) is 7.36. The van der Waals surface area contributed by atoms with E-state index in [-0.39, 0.29) is 5.41 Å². The van der Waals surface area contributed by atoms with Gasteiger partial charge in [0.1, 0.15) is 0 Å². The van der Waals surface area contributed by atoms with Crippen molar-refractivity contribution in [3.05, 3.63) is 221 Å². The van der Waals surface area contributed by atoms with Gasteiger partial charge in [0.2, 0.25) is 0 Å². The van der Waals surface area contributed by atoms with E-state index in [1.54, 1.807) is 0 Å². The molecule has 0 saturated carbocycles. The topological polar surface area (TPSA) is 38.7 Å². The fourth-order valence-electron chi connectivity index (χ4n) is 10.2. The van der Waals surface area contributed by atoms with Gasteiger partial charge in [0.15, 0.2) is 17.5 Å². The maximum atomic E-state index is 5.26. The summed E-state index contributed by atoms with van der Waals surface area (Å²) in [5.74, 6) is 1.99. The molecular weight excluding hydrogens is 735 g/mol. The highest BCUT2D eigenvalue weighted by Crippen LogP contribution is 2.63. The van der Waals surface area contributed by atoms with Crippen LogP contribution < -0.4 is 0 Å². The average Bonchev–Trinajstić information content (AvgIpc) is 3.83. The van der Waals surface area contributed by atoms with Crippen LogP contribution in [-0.4, -0.2) is 15.0 Å². The number of nitrogens with zero attached hydrogens (tertiary/aromatic N) is 3.